The van der Waals surface area contributed by atoms with Gasteiger partial charge < -0.3 is 15.0 Å². The van der Waals surface area contributed by atoms with E-state index in [9.17, 15) is 18.8 Å². The van der Waals surface area contributed by atoms with E-state index in [1.165, 1.54) is 32.2 Å². The molecule has 2 aromatic rings. The zero-order chi connectivity index (χ0) is 17.9. The fourth-order valence-corrected chi connectivity index (χ4v) is 2.03. The van der Waals surface area contributed by atoms with Gasteiger partial charge in [-0.3, -0.25) is 9.59 Å². The van der Waals surface area contributed by atoms with Crippen molar-refractivity contribution in [3.8, 4) is 0 Å². The number of rotatable bonds is 5. The minimum atomic E-state index is -1.12. The number of esters is 1. The number of ether oxygens (including phenoxy) is 1. The first-order valence-electron chi connectivity index (χ1n) is 6.94. The summed E-state index contributed by atoms with van der Waals surface area (Å²) in [7, 11) is 0. The van der Waals surface area contributed by atoms with Crippen LogP contribution in [-0.4, -0.2) is 28.7 Å². The van der Waals surface area contributed by atoms with E-state index >= 15 is 0 Å². The van der Waals surface area contributed by atoms with Crippen LogP contribution in [0.2, 0.25) is 5.02 Å². The highest BCUT2D eigenvalue weighted by Gasteiger charge is 2.21. The number of nitrogens with one attached hydrogen (secondary N) is 2. The molecule has 1 aromatic carbocycles. The fourth-order valence-electron chi connectivity index (χ4n) is 1.82. The van der Waals surface area contributed by atoms with Crippen LogP contribution in [0.4, 0.5) is 10.1 Å². The minimum Gasteiger partial charge on any atom is -0.448 e. The molecule has 0 aliphatic rings. The second-order valence-electron chi connectivity index (χ2n) is 5.02. The first-order chi connectivity index (χ1) is 11.3. The second-order valence-corrected chi connectivity index (χ2v) is 5.43. The van der Waals surface area contributed by atoms with Gasteiger partial charge in [0.05, 0.1) is 10.7 Å². The van der Waals surface area contributed by atoms with Gasteiger partial charge in [-0.2, -0.15) is 0 Å². The van der Waals surface area contributed by atoms with Crippen molar-refractivity contribution < 1.29 is 23.5 Å². The van der Waals surface area contributed by atoms with E-state index in [0.29, 0.717) is 5.56 Å². The van der Waals surface area contributed by atoms with E-state index in [0.717, 1.165) is 12.1 Å². The number of benzene rings is 1. The molecule has 24 heavy (non-hydrogen) atoms. The summed E-state index contributed by atoms with van der Waals surface area (Å²) in [5.74, 6) is -2.15. The quantitative estimate of drug-likeness (QED) is 0.639. The number of halogens is 2. The van der Waals surface area contributed by atoms with Crippen molar-refractivity contribution in [2.24, 2.45) is 0 Å². The maximum Gasteiger partial charge on any atom is 0.355 e. The van der Waals surface area contributed by atoms with Gasteiger partial charge in [0.25, 0.3) is 5.91 Å². The van der Waals surface area contributed by atoms with E-state index < -0.39 is 23.8 Å². The van der Waals surface area contributed by atoms with Gasteiger partial charge in [0.2, 0.25) is 0 Å². The number of aromatic amines is 1. The zero-order valence-corrected chi connectivity index (χ0v) is 13.6. The molecule has 6 nitrogen and oxygen atoms in total. The number of hydrogen-bond acceptors (Lipinski definition) is 4. The van der Waals surface area contributed by atoms with Gasteiger partial charge in [0.1, 0.15) is 11.5 Å². The second kappa shape index (κ2) is 7.27. The molecule has 2 N–H and O–H groups in total. The standard InChI is InChI=1S/C16H14ClFN2O4/c1-8(21)10-5-14(19-7-10)16(23)24-9(2)15(22)20-13-4-3-11(18)6-12(13)17/h3-7,9,19H,1-2H3,(H,20,22)/t9-/m0/s1. The molecule has 0 fully saturated rings. The monoisotopic (exact) mass is 352 g/mol. The Morgan fingerprint density at radius 3 is 2.58 bits per heavy atom. The maximum absolute atomic E-state index is 13.0. The Morgan fingerprint density at radius 1 is 1.29 bits per heavy atom. The lowest BCUT2D eigenvalue weighted by Gasteiger charge is -2.13. The first-order valence-corrected chi connectivity index (χ1v) is 7.32. The molecule has 0 saturated heterocycles. The SMILES string of the molecule is CC(=O)c1c[nH]c(C(=O)O[C@@H](C)C(=O)Nc2ccc(F)cc2Cl)c1. The minimum absolute atomic E-state index is 0.0253. The lowest BCUT2D eigenvalue weighted by Crippen LogP contribution is -2.30. The van der Waals surface area contributed by atoms with Gasteiger partial charge in [0, 0.05) is 11.8 Å². The maximum atomic E-state index is 13.0. The van der Waals surface area contributed by atoms with E-state index in [4.69, 9.17) is 16.3 Å². The van der Waals surface area contributed by atoms with Crippen LogP contribution >= 0.6 is 11.6 Å². The van der Waals surface area contributed by atoms with Crippen molar-refractivity contribution in [2.45, 2.75) is 20.0 Å². The molecule has 0 bridgehead atoms. The molecule has 0 spiro atoms. The number of carbonyl (C=O) groups excluding carboxylic acids is 3. The number of anilines is 1. The number of aromatic nitrogens is 1. The zero-order valence-electron chi connectivity index (χ0n) is 12.9. The normalized spacial score (nSPS) is 11.7. The van der Waals surface area contributed by atoms with Crippen LogP contribution < -0.4 is 5.32 Å². The van der Waals surface area contributed by atoms with Crippen LogP contribution in [0.25, 0.3) is 0 Å². The van der Waals surface area contributed by atoms with Crippen molar-refractivity contribution >= 4 is 34.9 Å². The Morgan fingerprint density at radius 2 is 2.00 bits per heavy atom. The molecular weight excluding hydrogens is 339 g/mol. The molecule has 0 saturated carbocycles. The number of Topliss-reactive ketones (excluding diaryl/α,β-unsaturated/α-hetero) is 1. The summed E-state index contributed by atoms with van der Waals surface area (Å²) in [6.45, 7) is 2.74. The Hall–Kier alpha value is -2.67. The number of hydrogen-bond donors (Lipinski definition) is 2. The smallest absolute Gasteiger partial charge is 0.355 e. The highest BCUT2D eigenvalue weighted by atomic mass is 35.5. The van der Waals surface area contributed by atoms with Crippen molar-refractivity contribution in [3.63, 3.8) is 0 Å². The van der Waals surface area contributed by atoms with E-state index in [1.807, 2.05) is 0 Å². The molecule has 2 rings (SSSR count). The van der Waals surface area contributed by atoms with E-state index in [-0.39, 0.29) is 22.2 Å². The van der Waals surface area contributed by atoms with Crippen LogP contribution in [0, 0.1) is 5.82 Å². The van der Waals surface area contributed by atoms with E-state index in [1.54, 1.807) is 0 Å². The van der Waals surface area contributed by atoms with Crippen LogP contribution in [-0.2, 0) is 9.53 Å². The number of ketones is 1. The third kappa shape index (κ3) is 4.20. The van der Waals surface area contributed by atoms with Crippen LogP contribution in [0.15, 0.2) is 30.5 Å². The third-order valence-electron chi connectivity index (χ3n) is 3.15. The fraction of sp³-hybridized carbons (Fsp3) is 0.188. The first kappa shape index (κ1) is 17.7. The Balaban J connectivity index is 2.00. The molecule has 8 heteroatoms. The molecule has 1 heterocycles. The Bertz CT molecular complexity index is 803. The number of amides is 1. The van der Waals surface area contributed by atoms with E-state index in [2.05, 4.69) is 10.3 Å². The molecular formula is C16H14ClFN2O4. The lowest BCUT2D eigenvalue weighted by atomic mass is 10.2. The van der Waals surface area contributed by atoms with Crippen molar-refractivity contribution in [1.82, 2.24) is 4.98 Å². The summed E-state index contributed by atoms with van der Waals surface area (Å²) in [5.41, 5.74) is 0.585. The molecule has 126 valence electrons. The van der Waals surface area contributed by atoms with Gasteiger partial charge in [-0.25, -0.2) is 9.18 Å². The average molecular weight is 353 g/mol. The molecule has 1 atom stereocenters. The highest BCUT2D eigenvalue weighted by Crippen LogP contribution is 2.22. The Labute approximate surface area is 142 Å². The predicted molar refractivity (Wildman–Crippen MR) is 85.7 cm³/mol. The summed E-state index contributed by atoms with van der Waals surface area (Å²) in [5, 5.41) is 2.46. The largest absolute Gasteiger partial charge is 0.448 e. The molecule has 0 radical (unpaired) electrons. The van der Waals surface area contributed by atoms with Crippen LogP contribution in [0.1, 0.15) is 34.7 Å². The molecule has 0 unspecified atom stereocenters. The van der Waals surface area contributed by atoms with Gasteiger partial charge in [0.15, 0.2) is 11.9 Å². The molecule has 0 aliphatic heterocycles. The van der Waals surface area contributed by atoms with Gasteiger partial charge in [-0.1, -0.05) is 11.6 Å². The van der Waals surface area contributed by atoms with Crippen LogP contribution in [0.3, 0.4) is 0 Å². The Kier molecular flexibility index (Phi) is 5.35. The summed E-state index contributed by atoms with van der Waals surface area (Å²) in [6, 6.07) is 4.83. The number of H-pyrrole nitrogens is 1. The summed E-state index contributed by atoms with van der Waals surface area (Å²) in [6.07, 6.45) is 0.254. The summed E-state index contributed by atoms with van der Waals surface area (Å²) < 4.78 is 18.0. The summed E-state index contributed by atoms with van der Waals surface area (Å²) >= 11 is 5.81. The average Bonchev–Trinajstić information content (AvgIpc) is 3.00. The van der Waals surface area contributed by atoms with Gasteiger partial charge in [-0.05, 0) is 38.1 Å². The molecule has 1 aromatic heterocycles. The van der Waals surface area contributed by atoms with Crippen molar-refractivity contribution in [2.75, 3.05) is 5.32 Å². The van der Waals surface area contributed by atoms with Gasteiger partial charge >= 0.3 is 5.97 Å². The van der Waals surface area contributed by atoms with Gasteiger partial charge in [-0.15, -0.1) is 0 Å². The van der Waals surface area contributed by atoms with Crippen molar-refractivity contribution in [1.29, 1.82) is 0 Å². The van der Waals surface area contributed by atoms with Crippen molar-refractivity contribution in [3.05, 3.63) is 52.6 Å². The molecule has 1 amide bonds. The number of carbonyl (C=O) groups is 3. The highest BCUT2D eigenvalue weighted by molar-refractivity contribution is 6.33. The third-order valence-corrected chi connectivity index (χ3v) is 3.46. The lowest BCUT2D eigenvalue weighted by molar-refractivity contribution is -0.123. The summed E-state index contributed by atoms with van der Waals surface area (Å²) in [4.78, 5) is 37.8. The van der Waals surface area contributed by atoms with Crippen LogP contribution in [0.5, 0.6) is 0 Å². The predicted octanol–water partition coefficient (Wildman–Crippen LogP) is 3.19. The molecule has 0 aliphatic carbocycles. The topological polar surface area (TPSA) is 88.3 Å².